The topological polar surface area (TPSA) is 67.4 Å². The summed E-state index contributed by atoms with van der Waals surface area (Å²) >= 11 is 0. The fraction of sp³-hybridized carbons (Fsp3) is 0.0833. The number of benzene rings is 3. The first kappa shape index (κ1) is 19.9. The molecule has 2 amide bonds. The summed E-state index contributed by atoms with van der Waals surface area (Å²) in [6, 6.07) is 26.5. The molecule has 5 heteroatoms. The van der Waals surface area contributed by atoms with Crippen LogP contribution >= 0.6 is 0 Å². The van der Waals surface area contributed by atoms with Gasteiger partial charge in [0.05, 0.1) is 6.54 Å². The molecule has 2 N–H and O–H groups in total. The van der Waals surface area contributed by atoms with Crippen molar-refractivity contribution < 1.29 is 14.3 Å². The van der Waals surface area contributed by atoms with Crippen molar-refractivity contribution in [3.8, 4) is 5.75 Å². The third-order valence-electron chi connectivity index (χ3n) is 4.04. The van der Waals surface area contributed by atoms with E-state index in [0.29, 0.717) is 18.0 Å². The molecule has 0 fully saturated rings. The smallest absolute Gasteiger partial charge is 0.244 e. The zero-order valence-corrected chi connectivity index (χ0v) is 15.9. The predicted molar refractivity (Wildman–Crippen MR) is 114 cm³/mol. The number of hydrogen-bond acceptors (Lipinski definition) is 3. The Morgan fingerprint density at radius 3 is 2.17 bits per heavy atom. The third kappa shape index (κ3) is 6.99. The molecule has 0 aromatic heterocycles. The molecule has 0 aliphatic heterocycles. The van der Waals surface area contributed by atoms with Crippen LogP contribution in [-0.2, 0) is 16.2 Å². The van der Waals surface area contributed by atoms with Crippen LogP contribution in [0.1, 0.15) is 11.1 Å². The number of nitrogens with one attached hydrogen (secondary N) is 2. The van der Waals surface area contributed by atoms with E-state index in [0.717, 1.165) is 11.1 Å². The van der Waals surface area contributed by atoms with E-state index in [1.807, 2.05) is 60.7 Å². The molecule has 0 saturated heterocycles. The van der Waals surface area contributed by atoms with Crippen LogP contribution in [0, 0.1) is 0 Å². The largest absolute Gasteiger partial charge is 0.489 e. The van der Waals surface area contributed by atoms with Crippen LogP contribution in [0.5, 0.6) is 5.75 Å². The van der Waals surface area contributed by atoms with Gasteiger partial charge >= 0.3 is 0 Å². The monoisotopic (exact) mass is 386 g/mol. The van der Waals surface area contributed by atoms with Crippen molar-refractivity contribution in [2.75, 3.05) is 11.9 Å². The van der Waals surface area contributed by atoms with E-state index in [1.54, 1.807) is 30.3 Å². The van der Waals surface area contributed by atoms with Crippen molar-refractivity contribution >= 4 is 23.6 Å². The molecular formula is C24H22N2O3. The fourth-order valence-corrected chi connectivity index (χ4v) is 2.54. The highest BCUT2D eigenvalue weighted by Gasteiger charge is 2.04. The minimum atomic E-state index is -0.325. The third-order valence-corrected chi connectivity index (χ3v) is 4.04. The van der Waals surface area contributed by atoms with E-state index in [9.17, 15) is 9.59 Å². The normalized spacial score (nSPS) is 10.5. The summed E-state index contributed by atoms with van der Waals surface area (Å²) in [5.74, 6) is 0.0873. The lowest BCUT2D eigenvalue weighted by Crippen LogP contribution is -2.31. The van der Waals surface area contributed by atoms with E-state index in [4.69, 9.17) is 4.74 Å². The molecule has 0 atom stereocenters. The molecule has 0 spiro atoms. The van der Waals surface area contributed by atoms with Crippen LogP contribution in [0.25, 0.3) is 6.08 Å². The maximum atomic E-state index is 12.0. The first-order valence-electron chi connectivity index (χ1n) is 9.27. The van der Waals surface area contributed by atoms with Crippen LogP contribution in [0.3, 0.4) is 0 Å². The lowest BCUT2D eigenvalue weighted by molar-refractivity contribution is -0.121. The molecule has 0 aliphatic carbocycles. The van der Waals surface area contributed by atoms with Gasteiger partial charge in [0.15, 0.2) is 0 Å². The van der Waals surface area contributed by atoms with E-state index < -0.39 is 0 Å². The minimum Gasteiger partial charge on any atom is -0.489 e. The lowest BCUT2D eigenvalue weighted by atomic mass is 10.2. The van der Waals surface area contributed by atoms with Crippen molar-refractivity contribution in [1.82, 2.24) is 5.32 Å². The Kier molecular flexibility index (Phi) is 7.18. The second-order valence-corrected chi connectivity index (χ2v) is 6.31. The van der Waals surface area contributed by atoms with Crippen LogP contribution in [-0.4, -0.2) is 18.4 Å². The van der Waals surface area contributed by atoms with Crippen molar-refractivity contribution in [2.45, 2.75) is 6.61 Å². The summed E-state index contributed by atoms with van der Waals surface area (Å²) in [5.41, 5.74) is 2.64. The number of anilines is 1. The van der Waals surface area contributed by atoms with Gasteiger partial charge in [0, 0.05) is 11.8 Å². The first-order valence-corrected chi connectivity index (χ1v) is 9.27. The number of ether oxygens (including phenoxy) is 1. The van der Waals surface area contributed by atoms with Crippen molar-refractivity contribution in [2.24, 2.45) is 0 Å². The highest BCUT2D eigenvalue weighted by Crippen LogP contribution is 2.17. The van der Waals surface area contributed by atoms with Crippen molar-refractivity contribution in [3.05, 3.63) is 102 Å². The summed E-state index contributed by atoms with van der Waals surface area (Å²) in [7, 11) is 0. The Hall–Kier alpha value is -3.86. The Balaban J connectivity index is 1.41. The molecule has 0 unspecified atom stereocenters. The maximum Gasteiger partial charge on any atom is 0.244 e. The van der Waals surface area contributed by atoms with Gasteiger partial charge in [-0.3, -0.25) is 9.59 Å². The van der Waals surface area contributed by atoms with Gasteiger partial charge in [-0.25, -0.2) is 0 Å². The van der Waals surface area contributed by atoms with Crippen LogP contribution in [0.15, 0.2) is 91.0 Å². The standard InChI is InChI=1S/C24H22N2O3/c27-23(16-11-19-7-3-1-4-8-19)25-17-24(28)26-21-12-14-22(15-13-21)29-18-20-9-5-2-6-10-20/h1-16H,17-18H2,(H,25,27)(H,26,28)/b16-11+. The zero-order valence-electron chi connectivity index (χ0n) is 15.9. The van der Waals surface area contributed by atoms with Crippen LogP contribution in [0.4, 0.5) is 5.69 Å². The summed E-state index contributed by atoms with van der Waals surface area (Å²) in [5, 5.41) is 5.30. The van der Waals surface area contributed by atoms with Crippen LogP contribution < -0.4 is 15.4 Å². The average molecular weight is 386 g/mol. The van der Waals surface area contributed by atoms with E-state index in [1.165, 1.54) is 6.08 Å². The van der Waals surface area contributed by atoms with Gasteiger partial charge < -0.3 is 15.4 Å². The van der Waals surface area contributed by atoms with E-state index >= 15 is 0 Å². The molecule has 0 aliphatic rings. The molecule has 5 nitrogen and oxygen atoms in total. The molecule has 3 rings (SSSR count). The highest BCUT2D eigenvalue weighted by atomic mass is 16.5. The number of rotatable bonds is 8. The molecule has 0 saturated carbocycles. The van der Waals surface area contributed by atoms with Gasteiger partial charge in [0.25, 0.3) is 0 Å². The molecule has 0 radical (unpaired) electrons. The van der Waals surface area contributed by atoms with Gasteiger partial charge in [-0.1, -0.05) is 60.7 Å². The number of amides is 2. The molecule has 0 bridgehead atoms. The van der Waals surface area contributed by atoms with Gasteiger partial charge in [-0.15, -0.1) is 0 Å². The Bertz CT molecular complexity index is 952. The van der Waals surface area contributed by atoms with Gasteiger partial charge in [0.2, 0.25) is 11.8 Å². The number of hydrogen-bond donors (Lipinski definition) is 2. The molecule has 146 valence electrons. The molecule has 3 aromatic carbocycles. The van der Waals surface area contributed by atoms with Gasteiger partial charge in [-0.05, 0) is 41.5 Å². The average Bonchev–Trinajstić information content (AvgIpc) is 2.77. The Labute approximate surface area is 170 Å². The maximum absolute atomic E-state index is 12.0. The van der Waals surface area contributed by atoms with Crippen LogP contribution in [0.2, 0.25) is 0 Å². The fourth-order valence-electron chi connectivity index (χ4n) is 2.54. The Morgan fingerprint density at radius 2 is 1.48 bits per heavy atom. The second kappa shape index (κ2) is 10.5. The van der Waals surface area contributed by atoms with Crippen molar-refractivity contribution in [1.29, 1.82) is 0 Å². The number of carbonyl (C=O) groups excluding carboxylic acids is 2. The zero-order chi connectivity index (χ0) is 20.3. The summed E-state index contributed by atoms with van der Waals surface area (Å²) in [6.07, 6.45) is 3.10. The quantitative estimate of drug-likeness (QED) is 0.574. The van der Waals surface area contributed by atoms with Crippen molar-refractivity contribution in [3.63, 3.8) is 0 Å². The first-order chi connectivity index (χ1) is 14.2. The lowest BCUT2D eigenvalue weighted by Gasteiger charge is -2.09. The molecular weight excluding hydrogens is 364 g/mol. The van der Waals surface area contributed by atoms with E-state index in [-0.39, 0.29) is 18.4 Å². The molecule has 3 aromatic rings. The minimum absolute atomic E-state index is 0.107. The van der Waals surface area contributed by atoms with Gasteiger partial charge in [-0.2, -0.15) is 0 Å². The van der Waals surface area contributed by atoms with Gasteiger partial charge in [0.1, 0.15) is 12.4 Å². The van der Waals surface area contributed by atoms with E-state index in [2.05, 4.69) is 10.6 Å². The summed E-state index contributed by atoms with van der Waals surface area (Å²) < 4.78 is 5.72. The Morgan fingerprint density at radius 1 is 0.828 bits per heavy atom. The summed E-state index contributed by atoms with van der Waals surface area (Å²) in [6.45, 7) is 0.374. The number of carbonyl (C=O) groups is 2. The second-order valence-electron chi connectivity index (χ2n) is 6.31. The molecule has 0 heterocycles. The SMILES string of the molecule is O=C(/C=C/c1ccccc1)NCC(=O)Nc1ccc(OCc2ccccc2)cc1. The molecule has 29 heavy (non-hydrogen) atoms. The highest BCUT2D eigenvalue weighted by molar-refractivity contribution is 5.97. The predicted octanol–water partition coefficient (Wildman–Crippen LogP) is 4.03. The summed E-state index contributed by atoms with van der Waals surface area (Å²) in [4.78, 5) is 23.8.